The van der Waals surface area contributed by atoms with E-state index >= 15 is 0 Å². The van der Waals surface area contributed by atoms with Crippen molar-refractivity contribution in [2.45, 2.75) is 191 Å². The van der Waals surface area contributed by atoms with Crippen LogP contribution in [0.15, 0.2) is 46.2 Å². The zero-order valence-corrected chi connectivity index (χ0v) is 35.6. The van der Waals surface area contributed by atoms with Crippen LogP contribution in [0.3, 0.4) is 0 Å². The molecule has 0 fully saturated rings. The third-order valence-corrected chi connectivity index (χ3v) is 11.0. The number of aromatic hydroxyl groups is 1. The maximum Gasteiger partial charge on any atom is 2.00 e. The van der Waals surface area contributed by atoms with Gasteiger partial charge in [0.15, 0.2) is 0 Å². The van der Waals surface area contributed by atoms with Gasteiger partial charge in [0.25, 0.3) is 10.1 Å². The molecule has 8 nitrogen and oxygen atoms in total. The topological polar surface area (TPSA) is 155 Å². The van der Waals surface area contributed by atoms with Crippen LogP contribution in [-0.4, -0.2) is 68.8 Å². The minimum atomic E-state index is -4.67. The summed E-state index contributed by atoms with van der Waals surface area (Å²) in [7, 11) is -9.04. The van der Waals surface area contributed by atoms with Gasteiger partial charge in [-0.1, -0.05) is 179 Å². The van der Waals surface area contributed by atoms with Crippen LogP contribution < -0.4 is 5.11 Å². The molecule has 0 amide bonds. The van der Waals surface area contributed by atoms with Crippen LogP contribution >= 0.6 is 0 Å². The fraction of sp³-hybridized carbons (Fsp3) is 0.700. The molecule has 0 atom stereocenters. The van der Waals surface area contributed by atoms with Gasteiger partial charge in [-0.05, 0) is 55.0 Å². The van der Waals surface area contributed by atoms with E-state index in [9.17, 15) is 31.6 Å². The minimum Gasteiger partial charge on any atom is -0.872 e. The predicted molar refractivity (Wildman–Crippen MR) is 207 cm³/mol. The first kappa shape index (κ1) is 50.1. The number of benzene rings is 2. The van der Waals surface area contributed by atoms with E-state index in [2.05, 4.69) is 13.8 Å². The van der Waals surface area contributed by atoms with Crippen LogP contribution in [0, 0.1) is 0 Å². The van der Waals surface area contributed by atoms with E-state index in [1.54, 1.807) is 12.1 Å². The summed E-state index contributed by atoms with van der Waals surface area (Å²) < 4.78 is 64.5. The van der Waals surface area contributed by atoms with E-state index < -0.39 is 41.5 Å². The maximum atomic E-state index is 11.4. The quantitative estimate of drug-likeness (QED) is 0.0491. The average Bonchev–Trinajstić information content (AvgIpc) is 3.06. The van der Waals surface area contributed by atoms with Crippen molar-refractivity contribution < 1.29 is 36.2 Å². The van der Waals surface area contributed by atoms with Crippen molar-refractivity contribution >= 4 is 58.0 Å². The average molecular weight is 779 g/mol. The minimum absolute atomic E-state index is 0. The molecule has 2 rings (SSSR count). The number of phenolic OH excluding ortho intramolecular Hbond substituents is 1. The summed E-state index contributed by atoms with van der Waals surface area (Å²) in [6, 6.07) is 8.45. The van der Waals surface area contributed by atoms with E-state index in [0.29, 0.717) is 6.42 Å². The van der Waals surface area contributed by atoms with Crippen LogP contribution in [0.4, 0.5) is 0 Å². The Morgan fingerprint density at radius 3 is 1.16 bits per heavy atom. The Morgan fingerprint density at radius 2 is 0.824 bits per heavy atom. The largest absolute Gasteiger partial charge is 2.00 e. The Bertz CT molecular complexity index is 1280. The van der Waals surface area contributed by atoms with Crippen molar-refractivity contribution in [3.8, 4) is 11.5 Å². The van der Waals surface area contributed by atoms with Crippen LogP contribution in [0.1, 0.15) is 179 Å². The van der Waals surface area contributed by atoms with Gasteiger partial charge in [-0.25, -0.2) is 8.42 Å². The Balaban J connectivity index is 0.000000962. The molecule has 0 radical (unpaired) electrons. The summed E-state index contributed by atoms with van der Waals surface area (Å²) in [4.78, 5) is -1.02. The van der Waals surface area contributed by atoms with Gasteiger partial charge < -0.3 is 14.8 Å². The molecule has 0 saturated carbocycles. The summed E-state index contributed by atoms with van der Waals surface area (Å²) in [5, 5.41) is 20.9. The monoisotopic (exact) mass is 778 g/mol. The molecule has 288 valence electrons. The maximum absolute atomic E-state index is 11.4. The van der Waals surface area contributed by atoms with Gasteiger partial charge in [0.1, 0.15) is 20.8 Å². The molecule has 0 aromatic heterocycles. The SMILES string of the molecule is CCCCCCCCCCCCCCc1ccc(O)c(S(=O)(=O)O)c1.CCCCCCCCCCCCCCc1ccc([O-])c(S(=O)(=O)[O-])c1.[Ca+2]. The van der Waals surface area contributed by atoms with Gasteiger partial charge in [-0.15, -0.1) is 0 Å². The van der Waals surface area contributed by atoms with Crippen molar-refractivity contribution in [2.24, 2.45) is 0 Å². The smallest absolute Gasteiger partial charge is 0.872 e. The second kappa shape index (κ2) is 30.4. The van der Waals surface area contributed by atoms with E-state index in [0.717, 1.165) is 43.2 Å². The second-order valence-electron chi connectivity index (χ2n) is 13.8. The summed E-state index contributed by atoms with van der Waals surface area (Å²) >= 11 is 0. The molecule has 0 aliphatic rings. The molecular weight excluding hydrogens is 713 g/mol. The van der Waals surface area contributed by atoms with Gasteiger partial charge >= 0.3 is 37.7 Å². The van der Waals surface area contributed by atoms with Crippen molar-refractivity contribution in [2.75, 3.05) is 0 Å². The van der Waals surface area contributed by atoms with Crippen LogP contribution in [0.2, 0.25) is 0 Å². The molecule has 0 heterocycles. The first-order chi connectivity index (χ1) is 23.9. The second-order valence-corrected chi connectivity index (χ2v) is 16.5. The molecule has 51 heavy (non-hydrogen) atoms. The molecule has 2 aromatic carbocycles. The molecule has 0 unspecified atom stereocenters. The fourth-order valence-corrected chi connectivity index (χ4v) is 7.41. The number of phenols is 1. The molecule has 0 spiro atoms. The third kappa shape index (κ3) is 25.7. The molecule has 2 N–H and O–H groups in total. The number of rotatable bonds is 28. The van der Waals surface area contributed by atoms with Gasteiger partial charge in [-0.2, -0.15) is 8.42 Å². The molecule has 11 heteroatoms. The molecule has 0 aliphatic carbocycles. The Morgan fingerprint density at radius 1 is 0.510 bits per heavy atom. The van der Waals surface area contributed by atoms with Crippen molar-refractivity contribution in [1.29, 1.82) is 0 Å². The van der Waals surface area contributed by atoms with Crippen LogP contribution in [-0.2, 0) is 33.1 Å². The van der Waals surface area contributed by atoms with E-state index in [4.69, 9.17) is 4.55 Å². The molecular formula is C40H66CaO8S2. The molecule has 0 bridgehead atoms. The molecule has 0 saturated heterocycles. The van der Waals surface area contributed by atoms with Crippen molar-refractivity contribution in [1.82, 2.24) is 0 Å². The fourth-order valence-electron chi connectivity index (χ4n) is 6.16. The van der Waals surface area contributed by atoms with E-state index in [1.807, 2.05) is 0 Å². The van der Waals surface area contributed by atoms with Crippen molar-refractivity contribution in [3.63, 3.8) is 0 Å². The van der Waals surface area contributed by atoms with Gasteiger partial charge in [0.2, 0.25) is 0 Å². The van der Waals surface area contributed by atoms with E-state index in [1.165, 1.54) is 153 Å². The van der Waals surface area contributed by atoms with Crippen molar-refractivity contribution in [3.05, 3.63) is 47.5 Å². The zero-order chi connectivity index (χ0) is 37.1. The summed E-state index contributed by atoms with van der Waals surface area (Å²) in [5.41, 5.74) is 1.58. The summed E-state index contributed by atoms with van der Waals surface area (Å²) in [6.07, 6.45) is 32.1. The van der Waals surface area contributed by atoms with Crippen LogP contribution in [0.25, 0.3) is 0 Å². The van der Waals surface area contributed by atoms with Gasteiger partial charge in [-0.3, -0.25) is 4.55 Å². The Kier molecular flexibility index (Phi) is 29.9. The number of hydrogen-bond donors (Lipinski definition) is 2. The molecule has 0 aliphatic heterocycles. The molecule has 2 aromatic rings. The van der Waals surface area contributed by atoms with Gasteiger partial charge in [0, 0.05) is 4.90 Å². The zero-order valence-electron chi connectivity index (χ0n) is 31.7. The number of unbranched alkanes of at least 4 members (excludes halogenated alkanes) is 22. The number of aryl methyl sites for hydroxylation is 2. The predicted octanol–water partition coefficient (Wildman–Crippen LogP) is 10.4. The third-order valence-electron chi connectivity index (χ3n) is 9.22. The first-order valence-electron chi connectivity index (χ1n) is 19.4. The number of hydrogen-bond acceptors (Lipinski definition) is 7. The van der Waals surface area contributed by atoms with Gasteiger partial charge in [0.05, 0.1) is 0 Å². The van der Waals surface area contributed by atoms with Crippen LogP contribution in [0.5, 0.6) is 11.5 Å². The Labute approximate surface area is 341 Å². The standard InChI is InChI=1S/2C20H34O4S.Ca/c2*1-2-3-4-5-6-7-8-9-10-11-12-13-14-18-15-16-19(21)20(17-18)25(22,23)24;/h2*15-17,21H,2-14H2,1H3,(H,22,23,24);/q;;+2/p-2. The first-order valence-corrected chi connectivity index (χ1v) is 22.3. The normalized spacial score (nSPS) is 11.5. The summed E-state index contributed by atoms with van der Waals surface area (Å²) in [5.74, 6) is -1.12. The van der Waals surface area contributed by atoms with E-state index in [-0.39, 0.29) is 37.7 Å². The summed E-state index contributed by atoms with van der Waals surface area (Å²) in [6.45, 7) is 4.48. The Hall–Kier alpha value is -0.880.